The first kappa shape index (κ1) is 26.1. The summed E-state index contributed by atoms with van der Waals surface area (Å²) in [7, 11) is 1.21. The van der Waals surface area contributed by atoms with Crippen LogP contribution in [0.2, 0.25) is 0 Å². The number of carbonyl (C=O) groups excluding carboxylic acids is 1. The maximum absolute atomic E-state index is 12.5. The molecule has 0 N–H and O–H groups in total. The van der Waals surface area contributed by atoms with E-state index in [0.717, 1.165) is 32.2 Å². The fourth-order valence-electron chi connectivity index (χ4n) is 4.24. The Hall–Kier alpha value is -2.55. The van der Waals surface area contributed by atoms with E-state index < -0.39 is 29.6 Å². The fraction of sp³-hybridized carbons (Fsp3) is 0.480. The summed E-state index contributed by atoms with van der Waals surface area (Å²) in [5.41, 5.74) is -1.41. The van der Waals surface area contributed by atoms with E-state index in [2.05, 4.69) is 35.2 Å². The van der Waals surface area contributed by atoms with Crippen LogP contribution in [0.4, 0.5) is 26.3 Å². The second-order valence-corrected chi connectivity index (χ2v) is 8.64. The van der Waals surface area contributed by atoms with E-state index in [1.807, 2.05) is 0 Å². The molecule has 2 aromatic rings. The van der Waals surface area contributed by atoms with Gasteiger partial charge in [0.2, 0.25) is 5.91 Å². The van der Waals surface area contributed by atoms with Crippen molar-refractivity contribution in [2.24, 2.45) is 0 Å². The predicted octanol–water partition coefficient (Wildman–Crippen LogP) is 6.99. The molecule has 1 aliphatic heterocycles. The number of halogens is 6. The summed E-state index contributed by atoms with van der Waals surface area (Å²) >= 11 is 0. The number of nitrogens with zero attached hydrogens (tertiary/aromatic N) is 1. The van der Waals surface area contributed by atoms with E-state index in [0.29, 0.717) is 30.0 Å². The number of alkyl halides is 6. The monoisotopic (exact) mass is 487 g/mol. The SMILES string of the molecule is COC(C)c1cc(C(F)(F)F)cc(C(F)(F)F)c1.O=C1CCCN1C1CC(c2ccccc2)C1. The zero-order chi connectivity index (χ0) is 25.1. The third-order valence-electron chi connectivity index (χ3n) is 6.37. The molecular formula is C25H27F6NO2. The van der Waals surface area contributed by atoms with Gasteiger partial charge in [0.15, 0.2) is 0 Å². The van der Waals surface area contributed by atoms with Crippen LogP contribution in [0.25, 0.3) is 0 Å². The molecule has 1 amide bonds. The number of rotatable bonds is 4. The number of benzene rings is 2. The Bertz CT molecular complexity index is 935. The second-order valence-electron chi connectivity index (χ2n) is 8.64. The Kier molecular flexibility index (Phi) is 7.95. The molecule has 1 saturated carbocycles. The van der Waals surface area contributed by atoms with Gasteiger partial charge < -0.3 is 9.64 Å². The van der Waals surface area contributed by atoms with Crippen molar-refractivity contribution in [2.45, 2.75) is 63.0 Å². The molecule has 2 fully saturated rings. The molecule has 1 heterocycles. The molecule has 2 aliphatic rings. The lowest BCUT2D eigenvalue weighted by atomic mass is 9.75. The summed E-state index contributed by atoms with van der Waals surface area (Å²) in [4.78, 5) is 13.7. The van der Waals surface area contributed by atoms with Crippen LogP contribution in [0.1, 0.15) is 66.9 Å². The number of methoxy groups -OCH3 is 1. The van der Waals surface area contributed by atoms with Gasteiger partial charge >= 0.3 is 12.4 Å². The van der Waals surface area contributed by atoms with Crippen molar-refractivity contribution in [2.75, 3.05) is 13.7 Å². The molecule has 34 heavy (non-hydrogen) atoms. The number of hydrogen-bond donors (Lipinski definition) is 0. The maximum atomic E-state index is 12.5. The lowest BCUT2D eigenvalue weighted by Gasteiger charge is -2.41. The first-order chi connectivity index (χ1) is 15.9. The van der Waals surface area contributed by atoms with Crippen molar-refractivity contribution in [3.63, 3.8) is 0 Å². The van der Waals surface area contributed by atoms with Crippen molar-refractivity contribution < 1.29 is 35.9 Å². The molecule has 1 saturated heterocycles. The van der Waals surface area contributed by atoms with Gasteiger partial charge in [0, 0.05) is 26.1 Å². The summed E-state index contributed by atoms with van der Waals surface area (Å²) in [5.74, 6) is 1.05. The highest BCUT2D eigenvalue weighted by atomic mass is 19.4. The van der Waals surface area contributed by atoms with Gasteiger partial charge in [0.1, 0.15) is 0 Å². The highest BCUT2D eigenvalue weighted by molar-refractivity contribution is 5.78. The molecule has 1 unspecified atom stereocenters. The number of amides is 1. The topological polar surface area (TPSA) is 29.5 Å². The smallest absolute Gasteiger partial charge is 0.377 e. The van der Waals surface area contributed by atoms with Crippen molar-refractivity contribution >= 4 is 5.91 Å². The van der Waals surface area contributed by atoms with Crippen LogP contribution >= 0.6 is 0 Å². The lowest BCUT2D eigenvalue weighted by Crippen LogP contribution is -2.44. The minimum absolute atomic E-state index is 0.0892. The molecule has 1 atom stereocenters. The average molecular weight is 487 g/mol. The van der Waals surface area contributed by atoms with Gasteiger partial charge in [-0.15, -0.1) is 0 Å². The Balaban J connectivity index is 0.000000191. The summed E-state index contributed by atoms with van der Waals surface area (Å²) in [6.45, 7) is 2.36. The standard InChI is InChI=1S/C14H17NO.C11H10F6O/c16-14-7-4-8-15(14)13-9-12(10-13)11-5-2-1-3-6-11;1-6(18-2)7-3-8(10(12,13)14)5-9(4-7)11(15,16)17/h1-3,5-6,12-13H,4,7-10H2;3-6H,1-2H3. The van der Waals surface area contributed by atoms with Gasteiger partial charge in [-0.25, -0.2) is 0 Å². The van der Waals surface area contributed by atoms with E-state index in [-0.39, 0.29) is 11.6 Å². The minimum atomic E-state index is -4.83. The molecule has 0 aromatic heterocycles. The van der Waals surface area contributed by atoms with Crippen molar-refractivity contribution in [1.29, 1.82) is 0 Å². The summed E-state index contributed by atoms with van der Waals surface area (Å²) in [6, 6.07) is 12.6. The summed E-state index contributed by atoms with van der Waals surface area (Å²) < 4.78 is 79.7. The van der Waals surface area contributed by atoms with E-state index >= 15 is 0 Å². The van der Waals surface area contributed by atoms with Crippen molar-refractivity contribution in [1.82, 2.24) is 4.90 Å². The Morgan fingerprint density at radius 3 is 1.94 bits per heavy atom. The highest BCUT2D eigenvalue weighted by Gasteiger charge is 2.38. The number of hydrogen-bond acceptors (Lipinski definition) is 2. The first-order valence-corrected chi connectivity index (χ1v) is 11.1. The summed E-state index contributed by atoms with van der Waals surface area (Å²) in [5, 5.41) is 0. The third kappa shape index (κ3) is 6.31. The van der Waals surface area contributed by atoms with Gasteiger partial charge in [-0.05, 0) is 61.4 Å². The molecule has 0 bridgehead atoms. The zero-order valence-electron chi connectivity index (χ0n) is 18.9. The van der Waals surface area contributed by atoms with Crippen LogP contribution in [0.15, 0.2) is 48.5 Å². The molecule has 2 aromatic carbocycles. The Morgan fingerprint density at radius 2 is 1.50 bits per heavy atom. The maximum Gasteiger partial charge on any atom is 0.416 e. The van der Waals surface area contributed by atoms with Gasteiger partial charge in [0.05, 0.1) is 17.2 Å². The van der Waals surface area contributed by atoms with Crippen LogP contribution in [0.3, 0.4) is 0 Å². The van der Waals surface area contributed by atoms with Crippen LogP contribution in [0.5, 0.6) is 0 Å². The van der Waals surface area contributed by atoms with Crippen molar-refractivity contribution in [3.8, 4) is 0 Å². The molecule has 1 aliphatic carbocycles. The molecule has 0 radical (unpaired) electrons. The lowest BCUT2D eigenvalue weighted by molar-refractivity contribution is -0.143. The van der Waals surface area contributed by atoms with Crippen LogP contribution < -0.4 is 0 Å². The zero-order valence-corrected chi connectivity index (χ0v) is 18.9. The van der Waals surface area contributed by atoms with Gasteiger partial charge in [-0.3, -0.25) is 4.79 Å². The highest BCUT2D eigenvalue weighted by Crippen LogP contribution is 2.41. The normalized spacial score (nSPS) is 21.5. The van der Waals surface area contributed by atoms with Gasteiger partial charge in [-0.2, -0.15) is 26.3 Å². The molecule has 9 heteroatoms. The van der Waals surface area contributed by atoms with E-state index in [1.54, 1.807) is 0 Å². The number of likely N-dealkylation sites (tertiary alicyclic amines) is 1. The molecular weight excluding hydrogens is 460 g/mol. The Labute approximate surface area is 194 Å². The minimum Gasteiger partial charge on any atom is -0.377 e. The quantitative estimate of drug-likeness (QED) is 0.435. The number of carbonyl (C=O) groups is 1. The van der Waals surface area contributed by atoms with E-state index in [4.69, 9.17) is 4.74 Å². The van der Waals surface area contributed by atoms with Crippen LogP contribution in [-0.4, -0.2) is 30.5 Å². The molecule has 0 spiro atoms. The average Bonchev–Trinajstić information content (AvgIpc) is 3.17. The van der Waals surface area contributed by atoms with E-state index in [9.17, 15) is 31.1 Å². The molecule has 186 valence electrons. The number of ether oxygens (including phenoxy) is 1. The Morgan fingerprint density at radius 1 is 0.941 bits per heavy atom. The van der Waals surface area contributed by atoms with E-state index in [1.165, 1.54) is 19.6 Å². The van der Waals surface area contributed by atoms with Gasteiger partial charge in [0.25, 0.3) is 0 Å². The van der Waals surface area contributed by atoms with Crippen LogP contribution in [-0.2, 0) is 21.9 Å². The van der Waals surface area contributed by atoms with Crippen molar-refractivity contribution in [3.05, 3.63) is 70.8 Å². The largest absolute Gasteiger partial charge is 0.416 e. The first-order valence-electron chi connectivity index (χ1n) is 11.1. The molecule has 4 rings (SSSR count). The third-order valence-corrected chi connectivity index (χ3v) is 6.37. The van der Waals surface area contributed by atoms with Gasteiger partial charge in [-0.1, -0.05) is 30.3 Å². The van der Waals surface area contributed by atoms with Crippen LogP contribution in [0, 0.1) is 0 Å². The predicted molar refractivity (Wildman–Crippen MR) is 115 cm³/mol. The molecule has 3 nitrogen and oxygen atoms in total. The second kappa shape index (κ2) is 10.4. The fourth-order valence-corrected chi connectivity index (χ4v) is 4.24. The summed E-state index contributed by atoms with van der Waals surface area (Å²) in [6.07, 6.45) is -6.36.